The van der Waals surface area contributed by atoms with E-state index in [4.69, 9.17) is 0 Å². The standard InChI is InChI=1S/C21H23FN4O/c1-13-9-14(2)11-18(10-13)23-21(27)24-20-15(3)25-26(16(20)4)12-17-7-5-6-8-19(17)22/h5-11H,12H2,1-4H3,(H2,23,24,27). The van der Waals surface area contributed by atoms with Gasteiger partial charge in [-0.3, -0.25) is 4.68 Å². The number of benzene rings is 2. The van der Waals surface area contributed by atoms with Crippen molar-refractivity contribution in [2.24, 2.45) is 0 Å². The number of nitrogens with one attached hydrogen (secondary N) is 2. The first-order valence-corrected chi connectivity index (χ1v) is 8.77. The van der Waals surface area contributed by atoms with Crippen LogP contribution in [0.4, 0.5) is 20.6 Å². The second kappa shape index (κ2) is 7.61. The molecule has 0 unspecified atom stereocenters. The lowest BCUT2D eigenvalue weighted by Gasteiger charge is -2.10. The van der Waals surface area contributed by atoms with Crippen LogP contribution in [0.15, 0.2) is 42.5 Å². The van der Waals surface area contributed by atoms with E-state index in [9.17, 15) is 9.18 Å². The number of hydrogen-bond acceptors (Lipinski definition) is 2. The molecule has 0 aliphatic rings. The zero-order valence-electron chi connectivity index (χ0n) is 15.9. The molecule has 27 heavy (non-hydrogen) atoms. The normalized spacial score (nSPS) is 10.7. The summed E-state index contributed by atoms with van der Waals surface area (Å²) in [6.07, 6.45) is 0. The predicted molar refractivity (Wildman–Crippen MR) is 106 cm³/mol. The molecule has 6 heteroatoms. The summed E-state index contributed by atoms with van der Waals surface area (Å²) in [6, 6.07) is 12.1. The van der Waals surface area contributed by atoms with Gasteiger partial charge in [0.15, 0.2) is 0 Å². The minimum atomic E-state index is -0.336. The van der Waals surface area contributed by atoms with Crippen molar-refractivity contribution in [3.8, 4) is 0 Å². The van der Waals surface area contributed by atoms with E-state index in [2.05, 4.69) is 15.7 Å². The van der Waals surface area contributed by atoms with E-state index in [1.165, 1.54) is 6.07 Å². The second-order valence-corrected chi connectivity index (χ2v) is 6.75. The lowest BCUT2D eigenvalue weighted by atomic mass is 10.1. The number of amides is 2. The highest BCUT2D eigenvalue weighted by Crippen LogP contribution is 2.22. The highest BCUT2D eigenvalue weighted by molar-refractivity contribution is 6.00. The number of carbonyl (C=O) groups is 1. The Labute approximate surface area is 158 Å². The minimum absolute atomic E-state index is 0.271. The molecule has 1 heterocycles. The van der Waals surface area contributed by atoms with Crippen molar-refractivity contribution in [1.82, 2.24) is 9.78 Å². The number of halogens is 1. The molecule has 0 aliphatic heterocycles. The van der Waals surface area contributed by atoms with E-state index in [0.29, 0.717) is 23.5 Å². The Morgan fingerprint density at radius 3 is 2.37 bits per heavy atom. The Balaban J connectivity index is 1.76. The number of hydrogen-bond donors (Lipinski definition) is 2. The van der Waals surface area contributed by atoms with Crippen molar-refractivity contribution >= 4 is 17.4 Å². The molecular weight excluding hydrogens is 343 g/mol. The van der Waals surface area contributed by atoms with Gasteiger partial charge in [-0.2, -0.15) is 5.10 Å². The highest BCUT2D eigenvalue weighted by Gasteiger charge is 2.15. The average molecular weight is 366 g/mol. The Hall–Kier alpha value is -3.15. The summed E-state index contributed by atoms with van der Waals surface area (Å²) in [5, 5.41) is 10.1. The van der Waals surface area contributed by atoms with E-state index >= 15 is 0 Å². The second-order valence-electron chi connectivity index (χ2n) is 6.75. The van der Waals surface area contributed by atoms with Gasteiger partial charge in [-0.25, -0.2) is 9.18 Å². The molecule has 5 nitrogen and oxygen atoms in total. The van der Waals surface area contributed by atoms with Crippen molar-refractivity contribution in [3.63, 3.8) is 0 Å². The van der Waals surface area contributed by atoms with Crippen molar-refractivity contribution in [2.45, 2.75) is 34.2 Å². The number of nitrogens with zero attached hydrogens (tertiary/aromatic N) is 2. The number of carbonyl (C=O) groups excluding carboxylic acids is 1. The first kappa shape index (κ1) is 18.6. The van der Waals surface area contributed by atoms with Crippen LogP contribution in [0.1, 0.15) is 28.1 Å². The summed E-state index contributed by atoms with van der Waals surface area (Å²) < 4.78 is 15.6. The quantitative estimate of drug-likeness (QED) is 0.686. The number of anilines is 2. The molecule has 0 radical (unpaired) electrons. The molecule has 0 spiro atoms. The van der Waals surface area contributed by atoms with E-state index in [0.717, 1.165) is 22.5 Å². The average Bonchev–Trinajstić information content (AvgIpc) is 2.83. The van der Waals surface area contributed by atoms with E-state index in [1.807, 2.05) is 45.9 Å². The smallest absolute Gasteiger partial charge is 0.308 e. The van der Waals surface area contributed by atoms with Crippen LogP contribution in [0, 0.1) is 33.5 Å². The molecule has 0 atom stereocenters. The fourth-order valence-corrected chi connectivity index (χ4v) is 3.14. The highest BCUT2D eigenvalue weighted by atomic mass is 19.1. The third-order valence-electron chi connectivity index (χ3n) is 4.38. The van der Waals surface area contributed by atoms with Gasteiger partial charge in [-0.15, -0.1) is 0 Å². The van der Waals surface area contributed by atoms with Crippen LogP contribution in [-0.2, 0) is 6.54 Å². The van der Waals surface area contributed by atoms with Gasteiger partial charge in [0.2, 0.25) is 0 Å². The van der Waals surface area contributed by atoms with Crippen LogP contribution in [0.25, 0.3) is 0 Å². The number of aromatic nitrogens is 2. The van der Waals surface area contributed by atoms with Crippen LogP contribution in [0.5, 0.6) is 0 Å². The summed E-state index contributed by atoms with van der Waals surface area (Å²) >= 11 is 0. The summed E-state index contributed by atoms with van der Waals surface area (Å²) in [7, 11) is 0. The van der Waals surface area contributed by atoms with Gasteiger partial charge in [-0.1, -0.05) is 24.3 Å². The summed E-state index contributed by atoms with van der Waals surface area (Å²) in [5.41, 5.74) is 5.53. The molecule has 3 aromatic rings. The largest absolute Gasteiger partial charge is 0.323 e. The van der Waals surface area contributed by atoms with Crippen LogP contribution in [0.3, 0.4) is 0 Å². The van der Waals surface area contributed by atoms with Gasteiger partial charge in [0.1, 0.15) is 5.82 Å². The monoisotopic (exact) mass is 366 g/mol. The van der Waals surface area contributed by atoms with Crippen LogP contribution in [0.2, 0.25) is 0 Å². The first-order valence-electron chi connectivity index (χ1n) is 8.77. The molecule has 1 aromatic heterocycles. The third kappa shape index (κ3) is 4.34. The molecular formula is C21H23FN4O. The molecule has 0 fully saturated rings. The van der Waals surface area contributed by atoms with E-state index in [-0.39, 0.29) is 11.8 Å². The van der Waals surface area contributed by atoms with Gasteiger partial charge >= 0.3 is 6.03 Å². The fourth-order valence-electron chi connectivity index (χ4n) is 3.14. The minimum Gasteiger partial charge on any atom is -0.308 e. The maximum absolute atomic E-state index is 13.9. The van der Waals surface area contributed by atoms with Crippen LogP contribution >= 0.6 is 0 Å². The molecule has 140 valence electrons. The van der Waals surface area contributed by atoms with Crippen LogP contribution in [-0.4, -0.2) is 15.8 Å². The Morgan fingerprint density at radius 2 is 1.70 bits per heavy atom. The maximum atomic E-state index is 13.9. The first-order chi connectivity index (χ1) is 12.8. The third-order valence-corrected chi connectivity index (χ3v) is 4.38. The van der Waals surface area contributed by atoms with Gasteiger partial charge in [-0.05, 0) is 57.0 Å². The van der Waals surface area contributed by atoms with Crippen molar-refractivity contribution in [1.29, 1.82) is 0 Å². The lowest BCUT2D eigenvalue weighted by Crippen LogP contribution is -2.20. The number of rotatable bonds is 4. The van der Waals surface area contributed by atoms with Gasteiger partial charge in [0.25, 0.3) is 0 Å². The molecule has 2 amide bonds. The van der Waals surface area contributed by atoms with Crippen LogP contribution < -0.4 is 10.6 Å². The zero-order chi connectivity index (χ0) is 19.6. The molecule has 0 aliphatic carbocycles. The number of aryl methyl sites for hydroxylation is 3. The predicted octanol–water partition coefficient (Wildman–Crippen LogP) is 4.95. The summed E-state index contributed by atoms with van der Waals surface area (Å²) in [4.78, 5) is 12.4. The molecule has 3 rings (SSSR count). The van der Waals surface area contributed by atoms with Gasteiger partial charge in [0, 0.05) is 11.3 Å². The molecule has 0 saturated carbocycles. The molecule has 2 aromatic carbocycles. The Bertz CT molecular complexity index is 974. The lowest BCUT2D eigenvalue weighted by molar-refractivity contribution is 0.262. The van der Waals surface area contributed by atoms with Crippen molar-refractivity contribution in [2.75, 3.05) is 10.6 Å². The molecule has 0 bridgehead atoms. The topological polar surface area (TPSA) is 59.0 Å². The SMILES string of the molecule is Cc1cc(C)cc(NC(=O)Nc2c(C)nn(Cc3ccccc3F)c2C)c1. The van der Waals surface area contributed by atoms with Crippen molar-refractivity contribution < 1.29 is 9.18 Å². The summed E-state index contributed by atoms with van der Waals surface area (Å²) in [5.74, 6) is -0.271. The molecule has 2 N–H and O–H groups in total. The Kier molecular flexibility index (Phi) is 5.26. The van der Waals surface area contributed by atoms with Crippen molar-refractivity contribution in [3.05, 3.63) is 76.4 Å². The summed E-state index contributed by atoms with van der Waals surface area (Å²) in [6.45, 7) is 7.94. The van der Waals surface area contributed by atoms with Gasteiger partial charge < -0.3 is 10.6 Å². The molecule has 0 saturated heterocycles. The fraction of sp³-hybridized carbons (Fsp3) is 0.238. The van der Waals surface area contributed by atoms with E-state index < -0.39 is 0 Å². The Morgan fingerprint density at radius 1 is 1.04 bits per heavy atom. The zero-order valence-corrected chi connectivity index (χ0v) is 15.9. The van der Waals surface area contributed by atoms with Gasteiger partial charge in [0.05, 0.1) is 23.6 Å². The maximum Gasteiger partial charge on any atom is 0.323 e. The number of urea groups is 1. The van der Waals surface area contributed by atoms with E-state index in [1.54, 1.807) is 22.9 Å².